The highest BCUT2D eigenvalue weighted by atomic mass is 16.2. The summed E-state index contributed by atoms with van der Waals surface area (Å²) in [7, 11) is 0. The van der Waals surface area contributed by atoms with Crippen molar-refractivity contribution in [3.05, 3.63) is 0 Å². The molecule has 0 aromatic rings. The highest BCUT2D eigenvalue weighted by Gasteiger charge is 2.34. The number of carbonyl (C=O) groups is 2. The van der Waals surface area contributed by atoms with Gasteiger partial charge in [-0.05, 0) is 44.9 Å². The van der Waals surface area contributed by atoms with E-state index in [0.717, 1.165) is 52.1 Å². The van der Waals surface area contributed by atoms with Crippen molar-refractivity contribution in [2.75, 3.05) is 39.3 Å². The van der Waals surface area contributed by atoms with Crippen molar-refractivity contribution in [2.24, 2.45) is 11.8 Å². The first-order valence-corrected chi connectivity index (χ1v) is 10.4. The van der Waals surface area contributed by atoms with E-state index in [0.29, 0.717) is 17.9 Å². The monoisotopic (exact) mass is 364 g/mol. The van der Waals surface area contributed by atoms with Gasteiger partial charge in [-0.25, -0.2) is 0 Å². The first kappa shape index (κ1) is 19.6. The number of nitrogens with zero attached hydrogens (tertiary/aromatic N) is 3. The van der Waals surface area contributed by atoms with E-state index in [-0.39, 0.29) is 23.9 Å². The molecular weight excluding hydrogens is 328 g/mol. The third-order valence-corrected chi connectivity index (χ3v) is 6.29. The molecule has 2 amide bonds. The van der Waals surface area contributed by atoms with Crippen LogP contribution in [0.3, 0.4) is 0 Å². The SMILES string of the molecule is C[C@H]1C[C@H](C)CN(C(=O)[C@@H](C)N2CCN([C@@H](C)C(=O)NC3CC3)CC2)C1. The van der Waals surface area contributed by atoms with Crippen molar-refractivity contribution in [1.82, 2.24) is 20.0 Å². The average molecular weight is 365 g/mol. The minimum absolute atomic E-state index is 0.0646. The predicted molar refractivity (Wildman–Crippen MR) is 103 cm³/mol. The average Bonchev–Trinajstić information content (AvgIpc) is 3.43. The molecule has 2 saturated heterocycles. The Balaban J connectivity index is 1.47. The van der Waals surface area contributed by atoms with Crippen LogP contribution in [0.5, 0.6) is 0 Å². The summed E-state index contributed by atoms with van der Waals surface area (Å²) < 4.78 is 0. The molecule has 6 nitrogen and oxygen atoms in total. The summed E-state index contributed by atoms with van der Waals surface area (Å²) in [5, 5.41) is 3.10. The Bertz CT molecular complexity index is 504. The number of piperazine rings is 1. The maximum atomic E-state index is 12.9. The summed E-state index contributed by atoms with van der Waals surface area (Å²) in [5.74, 6) is 1.62. The Morgan fingerprint density at radius 3 is 1.88 bits per heavy atom. The fourth-order valence-corrected chi connectivity index (χ4v) is 4.49. The molecule has 1 aliphatic carbocycles. The number of hydrogen-bond acceptors (Lipinski definition) is 4. The Kier molecular flexibility index (Phi) is 6.23. The highest BCUT2D eigenvalue weighted by Crippen LogP contribution is 2.23. The number of piperidine rings is 1. The Labute approximate surface area is 158 Å². The van der Waals surface area contributed by atoms with E-state index in [1.54, 1.807) is 0 Å². The number of hydrogen-bond donors (Lipinski definition) is 1. The second kappa shape index (κ2) is 8.26. The normalized spacial score (nSPS) is 30.7. The van der Waals surface area contributed by atoms with E-state index in [9.17, 15) is 9.59 Å². The lowest BCUT2D eigenvalue weighted by Crippen LogP contribution is -2.58. The lowest BCUT2D eigenvalue weighted by Gasteiger charge is -2.42. The lowest BCUT2D eigenvalue weighted by molar-refractivity contribution is -0.140. The second-order valence-corrected chi connectivity index (χ2v) is 8.90. The van der Waals surface area contributed by atoms with Gasteiger partial charge in [0.25, 0.3) is 0 Å². The highest BCUT2D eigenvalue weighted by molar-refractivity contribution is 5.82. The predicted octanol–water partition coefficient (Wildman–Crippen LogP) is 1.16. The van der Waals surface area contributed by atoms with Crippen molar-refractivity contribution in [3.63, 3.8) is 0 Å². The Hall–Kier alpha value is -1.14. The van der Waals surface area contributed by atoms with Gasteiger partial charge >= 0.3 is 0 Å². The summed E-state index contributed by atoms with van der Waals surface area (Å²) in [6.45, 7) is 13.7. The Morgan fingerprint density at radius 1 is 0.885 bits per heavy atom. The molecule has 0 radical (unpaired) electrons. The van der Waals surface area contributed by atoms with Crippen LogP contribution < -0.4 is 5.32 Å². The van der Waals surface area contributed by atoms with Crippen LogP contribution in [-0.4, -0.2) is 83.9 Å². The van der Waals surface area contributed by atoms with Crippen LogP contribution in [0.15, 0.2) is 0 Å². The van der Waals surface area contributed by atoms with Gasteiger partial charge in [0.15, 0.2) is 0 Å². The minimum atomic E-state index is -0.0763. The van der Waals surface area contributed by atoms with Gasteiger partial charge in [0.05, 0.1) is 12.1 Å². The van der Waals surface area contributed by atoms with Gasteiger partial charge in [-0.3, -0.25) is 19.4 Å². The van der Waals surface area contributed by atoms with Gasteiger partial charge in [-0.15, -0.1) is 0 Å². The molecule has 0 aromatic heterocycles. The molecule has 148 valence electrons. The van der Waals surface area contributed by atoms with Gasteiger partial charge in [0.1, 0.15) is 0 Å². The molecule has 6 heteroatoms. The van der Waals surface area contributed by atoms with Crippen LogP contribution in [0.25, 0.3) is 0 Å². The molecule has 3 aliphatic rings. The van der Waals surface area contributed by atoms with Crippen LogP contribution in [0, 0.1) is 11.8 Å². The molecule has 3 fully saturated rings. The summed E-state index contributed by atoms with van der Waals surface area (Å²) in [4.78, 5) is 31.8. The lowest BCUT2D eigenvalue weighted by atomic mass is 9.91. The van der Waals surface area contributed by atoms with E-state index in [1.807, 2.05) is 13.8 Å². The third kappa shape index (κ3) is 4.77. The maximum absolute atomic E-state index is 12.9. The molecule has 4 atom stereocenters. The molecule has 2 heterocycles. The van der Waals surface area contributed by atoms with Gasteiger partial charge in [-0.1, -0.05) is 13.8 Å². The maximum Gasteiger partial charge on any atom is 0.239 e. The zero-order valence-corrected chi connectivity index (χ0v) is 16.9. The van der Waals surface area contributed by atoms with Crippen LogP contribution in [0.2, 0.25) is 0 Å². The Morgan fingerprint density at radius 2 is 1.38 bits per heavy atom. The number of rotatable bonds is 5. The third-order valence-electron chi connectivity index (χ3n) is 6.29. The van der Waals surface area contributed by atoms with Crippen LogP contribution in [-0.2, 0) is 9.59 Å². The molecule has 0 aromatic carbocycles. The van der Waals surface area contributed by atoms with Crippen LogP contribution >= 0.6 is 0 Å². The van der Waals surface area contributed by atoms with Gasteiger partial charge < -0.3 is 10.2 Å². The summed E-state index contributed by atoms with van der Waals surface area (Å²) in [6.07, 6.45) is 3.47. The molecule has 1 saturated carbocycles. The largest absolute Gasteiger partial charge is 0.352 e. The zero-order chi connectivity index (χ0) is 18.8. The molecular formula is C20H36N4O2. The second-order valence-electron chi connectivity index (χ2n) is 8.90. The smallest absolute Gasteiger partial charge is 0.239 e. The fraction of sp³-hybridized carbons (Fsp3) is 0.900. The van der Waals surface area contributed by atoms with Gasteiger partial charge in [-0.2, -0.15) is 0 Å². The van der Waals surface area contributed by atoms with E-state index < -0.39 is 0 Å². The van der Waals surface area contributed by atoms with Crippen LogP contribution in [0.4, 0.5) is 0 Å². The number of likely N-dealkylation sites (tertiary alicyclic amines) is 1. The summed E-state index contributed by atoms with van der Waals surface area (Å²) >= 11 is 0. The fourth-order valence-electron chi connectivity index (χ4n) is 4.49. The van der Waals surface area contributed by atoms with E-state index in [2.05, 4.69) is 33.9 Å². The zero-order valence-electron chi connectivity index (χ0n) is 16.9. The van der Waals surface area contributed by atoms with Crippen molar-refractivity contribution in [3.8, 4) is 0 Å². The number of nitrogens with one attached hydrogen (secondary N) is 1. The molecule has 3 rings (SSSR count). The van der Waals surface area contributed by atoms with Crippen molar-refractivity contribution in [1.29, 1.82) is 0 Å². The molecule has 0 unspecified atom stereocenters. The molecule has 0 spiro atoms. The number of carbonyl (C=O) groups excluding carboxylic acids is 2. The first-order valence-electron chi connectivity index (χ1n) is 10.4. The van der Waals surface area contributed by atoms with E-state index in [4.69, 9.17) is 0 Å². The van der Waals surface area contributed by atoms with Gasteiger partial charge in [0.2, 0.25) is 11.8 Å². The number of amides is 2. The first-order chi connectivity index (χ1) is 12.3. The minimum Gasteiger partial charge on any atom is -0.352 e. The summed E-state index contributed by atoms with van der Waals surface area (Å²) in [5.41, 5.74) is 0. The molecule has 2 aliphatic heterocycles. The van der Waals surface area contributed by atoms with Crippen LogP contribution in [0.1, 0.15) is 47.0 Å². The standard InChI is InChI=1S/C20H36N4O2/c1-14-11-15(2)13-24(12-14)20(26)17(4)23-9-7-22(8-10-23)16(3)19(25)21-18-5-6-18/h14-18H,5-13H2,1-4H3,(H,21,25)/t14-,15-,16-,17+/m0/s1. The van der Waals surface area contributed by atoms with Gasteiger partial charge in [0, 0.05) is 45.3 Å². The topological polar surface area (TPSA) is 55.9 Å². The van der Waals surface area contributed by atoms with Crippen molar-refractivity contribution < 1.29 is 9.59 Å². The van der Waals surface area contributed by atoms with E-state index >= 15 is 0 Å². The van der Waals surface area contributed by atoms with E-state index in [1.165, 1.54) is 6.42 Å². The quantitative estimate of drug-likeness (QED) is 0.796. The molecule has 26 heavy (non-hydrogen) atoms. The summed E-state index contributed by atoms with van der Waals surface area (Å²) in [6, 6.07) is 0.274. The molecule has 0 bridgehead atoms. The molecule has 1 N–H and O–H groups in total. The van der Waals surface area contributed by atoms with Crippen molar-refractivity contribution >= 4 is 11.8 Å². The van der Waals surface area contributed by atoms with Crippen molar-refractivity contribution in [2.45, 2.75) is 65.1 Å².